The van der Waals surface area contributed by atoms with Crippen LogP contribution < -0.4 is 16.5 Å². The molecule has 1 saturated carbocycles. The number of nitrogens with zero attached hydrogens (tertiary/aromatic N) is 1. The maximum absolute atomic E-state index is 15.4. The van der Waals surface area contributed by atoms with Crippen LogP contribution >= 0.6 is 11.6 Å². The summed E-state index contributed by atoms with van der Waals surface area (Å²) in [6, 6.07) is 6.90. The van der Waals surface area contributed by atoms with Gasteiger partial charge in [-0.2, -0.15) is 0 Å². The third kappa shape index (κ3) is 3.47. The SMILES string of the molecule is Nc1c(F)c(NCCc2ccc(Cl)cc2)c(F)c2c1c(=O)c(C(=O)O)cn2C1CC1. The summed E-state index contributed by atoms with van der Waals surface area (Å²) in [6.07, 6.45) is 2.99. The summed E-state index contributed by atoms with van der Waals surface area (Å²) >= 11 is 5.85. The van der Waals surface area contributed by atoms with Crippen LogP contribution in [0.3, 0.4) is 0 Å². The first-order valence-corrected chi connectivity index (χ1v) is 9.74. The number of halogens is 3. The number of aromatic nitrogens is 1. The summed E-state index contributed by atoms with van der Waals surface area (Å²) in [5, 5.41) is 12.2. The minimum absolute atomic E-state index is 0.160. The summed E-state index contributed by atoms with van der Waals surface area (Å²) < 4.78 is 31.6. The molecule has 0 spiro atoms. The van der Waals surface area contributed by atoms with Crippen LogP contribution in [0.25, 0.3) is 10.9 Å². The molecule has 0 amide bonds. The van der Waals surface area contributed by atoms with Crippen molar-refractivity contribution in [3.05, 3.63) is 68.5 Å². The molecule has 0 unspecified atom stereocenters. The van der Waals surface area contributed by atoms with Crippen molar-refractivity contribution in [2.75, 3.05) is 17.6 Å². The summed E-state index contributed by atoms with van der Waals surface area (Å²) in [4.78, 5) is 24.0. The Kier molecular flexibility index (Phi) is 5.11. The van der Waals surface area contributed by atoms with Crippen molar-refractivity contribution in [1.82, 2.24) is 4.57 Å². The Morgan fingerprint density at radius 3 is 2.50 bits per heavy atom. The highest BCUT2D eigenvalue weighted by Gasteiger charge is 2.31. The van der Waals surface area contributed by atoms with Gasteiger partial charge in [0, 0.05) is 23.8 Å². The molecule has 3 aromatic rings. The Labute approximate surface area is 174 Å². The van der Waals surface area contributed by atoms with E-state index in [1.54, 1.807) is 12.1 Å². The number of anilines is 2. The third-order valence-electron chi connectivity index (χ3n) is 5.19. The largest absolute Gasteiger partial charge is 0.477 e. The number of rotatable bonds is 6. The smallest absolute Gasteiger partial charge is 0.341 e. The number of hydrogen-bond donors (Lipinski definition) is 3. The molecule has 1 heterocycles. The molecule has 9 heteroatoms. The highest BCUT2D eigenvalue weighted by molar-refractivity contribution is 6.30. The van der Waals surface area contributed by atoms with Gasteiger partial charge in [-0.1, -0.05) is 23.7 Å². The Balaban J connectivity index is 1.79. The van der Waals surface area contributed by atoms with Crippen molar-refractivity contribution in [1.29, 1.82) is 0 Å². The number of nitrogens with one attached hydrogen (secondary N) is 1. The van der Waals surface area contributed by atoms with Crippen LogP contribution in [-0.4, -0.2) is 22.2 Å². The molecule has 4 rings (SSSR count). The van der Waals surface area contributed by atoms with E-state index in [1.165, 1.54) is 4.57 Å². The van der Waals surface area contributed by atoms with E-state index in [1.807, 2.05) is 12.1 Å². The van der Waals surface area contributed by atoms with Gasteiger partial charge in [0.2, 0.25) is 5.43 Å². The van der Waals surface area contributed by atoms with Gasteiger partial charge in [-0.25, -0.2) is 13.6 Å². The van der Waals surface area contributed by atoms with Crippen molar-refractivity contribution in [3.8, 4) is 0 Å². The molecule has 30 heavy (non-hydrogen) atoms. The maximum atomic E-state index is 15.4. The Morgan fingerprint density at radius 2 is 1.90 bits per heavy atom. The van der Waals surface area contributed by atoms with Crippen LogP contribution in [0.1, 0.15) is 34.8 Å². The second kappa shape index (κ2) is 7.60. The normalized spacial score (nSPS) is 13.6. The van der Waals surface area contributed by atoms with Gasteiger partial charge in [0.05, 0.1) is 16.6 Å². The lowest BCUT2D eigenvalue weighted by Crippen LogP contribution is -2.22. The molecular formula is C21H18ClF2N3O3. The number of nitrogen functional groups attached to an aromatic ring is 1. The fourth-order valence-electron chi connectivity index (χ4n) is 3.50. The lowest BCUT2D eigenvalue weighted by atomic mass is 10.1. The van der Waals surface area contributed by atoms with Crippen molar-refractivity contribution in [2.24, 2.45) is 0 Å². The van der Waals surface area contributed by atoms with E-state index in [0.29, 0.717) is 24.3 Å². The minimum atomic E-state index is -1.47. The number of hydrogen-bond acceptors (Lipinski definition) is 4. The summed E-state index contributed by atoms with van der Waals surface area (Å²) in [7, 11) is 0. The molecule has 1 aromatic heterocycles. The van der Waals surface area contributed by atoms with Crippen LogP contribution in [0, 0.1) is 11.6 Å². The molecule has 156 valence electrons. The van der Waals surface area contributed by atoms with Crippen LogP contribution in [0.2, 0.25) is 5.02 Å². The topological polar surface area (TPSA) is 97.3 Å². The molecule has 0 radical (unpaired) electrons. The van der Waals surface area contributed by atoms with E-state index in [9.17, 15) is 19.1 Å². The summed E-state index contributed by atoms with van der Waals surface area (Å²) in [5.74, 6) is -3.55. The molecule has 0 atom stereocenters. The average Bonchev–Trinajstić information content (AvgIpc) is 3.55. The van der Waals surface area contributed by atoms with E-state index < -0.39 is 45.4 Å². The van der Waals surface area contributed by atoms with Gasteiger partial charge in [-0.15, -0.1) is 0 Å². The van der Waals surface area contributed by atoms with E-state index in [2.05, 4.69) is 5.32 Å². The number of aromatic carboxylic acids is 1. The van der Waals surface area contributed by atoms with Crippen molar-refractivity contribution in [3.63, 3.8) is 0 Å². The fraction of sp³-hybridized carbons (Fsp3) is 0.238. The minimum Gasteiger partial charge on any atom is -0.477 e. The van der Waals surface area contributed by atoms with Crippen LogP contribution in [0.4, 0.5) is 20.2 Å². The molecule has 1 aliphatic rings. The number of carbonyl (C=O) groups is 1. The molecule has 1 aliphatic carbocycles. The second-order valence-corrected chi connectivity index (χ2v) is 7.70. The molecular weight excluding hydrogens is 416 g/mol. The zero-order valence-electron chi connectivity index (χ0n) is 15.7. The molecule has 2 aromatic carbocycles. The molecule has 0 aliphatic heterocycles. The van der Waals surface area contributed by atoms with Gasteiger partial charge >= 0.3 is 5.97 Å². The fourth-order valence-corrected chi connectivity index (χ4v) is 3.62. The van der Waals surface area contributed by atoms with Crippen LogP contribution in [0.5, 0.6) is 0 Å². The molecule has 6 nitrogen and oxygen atoms in total. The summed E-state index contributed by atoms with van der Waals surface area (Å²) in [6.45, 7) is 0.210. The van der Waals surface area contributed by atoms with Gasteiger partial charge in [0.1, 0.15) is 11.3 Å². The van der Waals surface area contributed by atoms with Gasteiger partial charge in [0.25, 0.3) is 0 Å². The molecule has 0 bridgehead atoms. The average molecular weight is 434 g/mol. The first kappa shape index (κ1) is 20.2. The lowest BCUT2D eigenvalue weighted by molar-refractivity contribution is 0.0695. The van der Waals surface area contributed by atoms with Gasteiger partial charge in [0.15, 0.2) is 11.6 Å². The van der Waals surface area contributed by atoms with Crippen molar-refractivity contribution >= 4 is 39.8 Å². The standard InChI is InChI=1S/C21H18ClF2N3O3/c22-11-3-1-10(2-4-11)7-8-26-18-15(23)17(25)14-19(16(18)24)27(12-5-6-12)9-13(20(14)28)21(29)30/h1-4,9,12,26H,5-8,25H2,(H,29,30). The first-order chi connectivity index (χ1) is 14.3. The zero-order valence-corrected chi connectivity index (χ0v) is 16.5. The zero-order chi connectivity index (χ0) is 21.6. The monoisotopic (exact) mass is 433 g/mol. The number of fused-ring (bicyclic) bond motifs is 1. The van der Waals surface area contributed by atoms with Crippen LogP contribution in [-0.2, 0) is 6.42 Å². The van der Waals surface area contributed by atoms with Crippen molar-refractivity contribution in [2.45, 2.75) is 25.3 Å². The number of carboxylic acid groups (broad SMARTS) is 1. The number of pyridine rings is 1. The Bertz CT molecular complexity index is 1220. The predicted molar refractivity (Wildman–Crippen MR) is 111 cm³/mol. The quantitative estimate of drug-likeness (QED) is 0.506. The van der Waals surface area contributed by atoms with Gasteiger partial charge in [-0.3, -0.25) is 4.79 Å². The Hall–Kier alpha value is -3.13. The number of carboxylic acids is 1. The van der Waals surface area contributed by atoms with Gasteiger partial charge < -0.3 is 20.7 Å². The van der Waals surface area contributed by atoms with Crippen LogP contribution in [0.15, 0.2) is 35.3 Å². The Morgan fingerprint density at radius 1 is 1.23 bits per heavy atom. The van der Waals surface area contributed by atoms with E-state index in [0.717, 1.165) is 11.8 Å². The van der Waals surface area contributed by atoms with Crippen molar-refractivity contribution < 1.29 is 18.7 Å². The lowest BCUT2D eigenvalue weighted by Gasteiger charge is -2.18. The second-order valence-electron chi connectivity index (χ2n) is 7.26. The maximum Gasteiger partial charge on any atom is 0.341 e. The number of benzene rings is 2. The number of nitrogens with two attached hydrogens (primary N) is 1. The summed E-state index contributed by atoms with van der Waals surface area (Å²) in [5.41, 5.74) is 4.01. The highest BCUT2D eigenvalue weighted by Crippen LogP contribution is 2.40. The van der Waals surface area contributed by atoms with E-state index in [4.69, 9.17) is 17.3 Å². The molecule has 1 fully saturated rings. The highest BCUT2D eigenvalue weighted by atomic mass is 35.5. The predicted octanol–water partition coefficient (Wildman–Crippen LogP) is 4.20. The molecule has 0 saturated heterocycles. The van der Waals surface area contributed by atoms with E-state index >= 15 is 4.39 Å². The third-order valence-corrected chi connectivity index (χ3v) is 5.44. The van der Waals surface area contributed by atoms with E-state index in [-0.39, 0.29) is 18.1 Å². The molecule has 4 N–H and O–H groups in total. The first-order valence-electron chi connectivity index (χ1n) is 9.36. The van der Waals surface area contributed by atoms with Gasteiger partial charge in [-0.05, 0) is 37.0 Å².